The summed E-state index contributed by atoms with van der Waals surface area (Å²) in [5.74, 6) is 0.229. The molecule has 12 heteroatoms. The molecular formula is C32H49ClN5O5Si. The van der Waals surface area contributed by atoms with Gasteiger partial charge in [0, 0.05) is 11.4 Å². The normalized spacial score (nSPS) is 23.2. The van der Waals surface area contributed by atoms with E-state index in [4.69, 9.17) is 46.0 Å². The fraction of sp³-hybridized carbons (Fsp3) is 0.656. The Labute approximate surface area is 268 Å². The van der Waals surface area contributed by atoms with Gasteiger partial charge in [-0.05, 0) is 80.0 Å². The maximum absolute atomic E-state index is 7.14. The van der Waals surface area contributed by atoms with E-state index in [-0.39, 0.29) is 17.4 Å². The molecule has 0 amide bonds. The summed E-state index contributed by atoms with van der Waals surface area (Å²) in [6, 6.07) is 7.83. The van der Waals surface area contributed by atoms with Crippen molar-refractivity contribution in [1.82, 2.24) is 19.5 Å². The molecule has 243 valence electrons. The van der Waals surface area contributed by atoms with Crippen LogP contribution in [0.2, 0.25) is 18.1 Å². The van der Waals surface area contributed by atoms with E-state index in [0.29, 0.717) is 35.8 Å². The molecule has 0 spiro atoms. The Kier molecular flexibility index (Phi) is 10.1. The Morgan fingerprint density at radius 1 is 0.955 bits per heavy atom. The quantitative estimate of drug-likeness (QED) is 0.257. The predicted molar refractivity (Wildman–Crippen MR) is 176 cm³/mol. The second kappa shape index (κ2) is 12.8. The number of benzene rings is 1. The second-order valence-electron chi connectivity index (χ2n) is 14.5. The molecule has 2 N–H and O–H groups in total. The third-order valence-electron chi connectivity index (χ3n) is 7.04. The lowest BCUT2D eigenvalue weighted by Crippen LogP contribution is -2.58. The molecule has 4 atom stereocenters. The standard InChI is InChI=1S/C32H49ClN5O5Si/c1-29(2,3)40-18-22-24(42-30(4,5)6)25(43-31(7,8)9)32(41-22,44(10)11)38-19-35-23-26(34)36-28(37-27(23)38)39-17-16-20-12-14-21(33)15-13-20/h12-15,19,22,24-25H,16-18H2,1-11H3,(H2,34,36,37)/t22-,24-,25-,32+/m1/s1. The highest BCUT2D eigenvalue weighted by molar-refractivity contribution is 6.58. The minimum absolute atomic E-state index is 0.170. The highest BCUT2D eigenvalue weighted by Gasteiger charge is 2.62. The van der Waals surface area contributed by atoms with Crippen LogP contribution < -0.4 is 10.5 Å². The summed E-state index contributed by atoms with van der Waals surface area (Å²) >= 11 is 6.03. The van der Waals surface area contributed by atoms with Crippen molar-refractivity contribution in [2.45, 2.75) is 122 Å². The first kappa shape index (κ1) is 34.6. The highest BCUT2D eigenvalue weighted by atomic mass is 35.5. The number of nitrogen functional groups attached to an aromatic ring is 1. The number of fused-ring (bicyclic) bond motifs is 1. The van der Waals surface area contributed by atoms with Gasteiger partial charge < -0.3 is 29.4 Å². The zero-order valence-corrected chi connectivity index (χ0v) is 29.8. The number of nitrogens with zero attached hydrogens (tertiary/aromatic N) is 4. The third kappa shape index (κ3) is 8.10. The summed E-state index contributed by atoms with van der Waals surface area (Å²) in [7, 11) is -1.37. The van der Waals surface area contributed by atoms with Gasteiger partial charge in [0.25, 0.3) is 0 Å². The molecule has 1 radical (unpaired) electrons. The minimum atomic E-state index is -1.37. The van der Waals surface area contributed by atoms with Crippen LogP contribution >= 0.6 is 11.6 Å². The molecule has 10 nitrogen and oxygen atoms in total. The van der Waals surface area contributed by atoms with Crippen molar-refractivity contribution in [3.05, 3.63) is 41.2 Å². The molecule has 0 aliphatic carbocycles. The Morgan fingerprint density at radius 2 is 1.59 bits per heavy atom. The number of nitrogens with two attached hydrogens (primary N) is 1. The van der Waals surface area contributed by atoms with Gasteiger partial charge in [-0.15, -0.1) is 0 Å². The van der Waals surface area contributed by atoms with Gasteiger partial charge in [-0.2, -0.15) is 9.97 Å². The molecule has 1 aliphatic rings. The molecule has 44 heavy (non-hydrogen) atoms. The zero-order valence-electron chi connectivity index (χ0n) is 28.0. The number of hydrogen-bond acceptors (Lipinski definition) is 9. The van der Waals surface area contributed by atoms with Crippen molar-refractivity contribution >= 4 is 37.4 Å². The zero-order chi connectivity index (χ0) is 32.7. The Bertz CT molecular complexity index is 1410. The van der Waals surface area contributed by atoms with E-state index in [1.165, 1.54) is 0 Å². The number of anilines is 1. The molecule has 1 saturated heterocycles. The van der Waals surface area contributed by atoms with E-state index in [2.05, 4.69) is 23.1 Å². The molecule has 0 saturated carbocycles. The van der Waals surface area contributed by atoms with E-state index >= 15 is 0 Å². The smallest absolute Gasteiger partial charge is 0.320 e. The molecule has 4 rings (SSSR count). The second-order valence-corrected chi connectivity index (χ2v) is 17.7. The fourth-order valence-electron chi connectivity index (χ4n) is 5.27. The monoisotopic (exact) mass is 646 g/mol. The van der Waals surface area contributed by atoms with Crippen LogP contribution in [0.15, 0.2) is 30.6 Å². The number of imidazole rings is 1. The molecule has 0 unspecified atom stereocenters. The molecule has 0 bridgehead atoms. The average molecular weight is 647 g/mol. The number of hydrogen-bond donors (Lipinski definition) is 1. The van der Waals surface area contributed by atoms with Crippen molar-refractivity contribution in [2.75, 3.05) is 18.9 Å². The van der Waals surface area contributed by atoms with E-state index in [1.807, 2.05) is 91.1 Å². The van der Waals surface area contributed by atoms with Crippen LogP contribution in [0.5, 0.6) is 6.01 Å². The maximum Gasteiger partial charge on any atom is 0.320 e. The van der Waals surface area contributed by atoms with Crippen LogP contribution in [0.1, 0.15) is 67.9 Å². The maximum atomic E-state index is 7.14. The number of ether oxygens (including phenoxy) is 5. The lowest BCUT2D eigenvalue weighted by Gasteiger charge is -2.42. The van der Waals surface area contributed by atoms with Crippen LogP contribution in [0.4, 0.5) is 5.82 Å². The molecule has 3 heterocycles. The van der Waals surface area contributed by atoms with Crippen LogP contribution in [-0.2, 0) is 30.7 Å². The summed E-state index contributed by atoms with van der Waals surface area (Å²) in [5.41, 5.74) is 7.17. The average Bonchev–Trinajstić information content (AvgIpc) is 3.42. The van der Waals surface area contributed by atoms with E-state index in [0.717, 1.165) is 5.56 Å². The molecule has 2 aromatic heterocycles. The van der Waals surface area contributed by atoms with Crippen LogP contribution in [-0.4, -0.2) is 76.6 Å². The number of aromatic nitrogens is 4. The van der Waals surface area contributed by atoms with Gasteiger partial charge in [-0.1, -0.05) is 36.8 Å². The van der Waals surface area contributed by atoms with E-state index in [9.17, 15) is 0 Å². The van der Waals surface area contributed by atoms with Crippen molar-refractivity contribution in [1.29, 1.82) is 0 Å². The first-order valence-corrected chi connectivity index (χ1v) is 18.0. The lowest BCUT2D eigenvalue weighted by atomic mass is 10.1. The summed E-state index contributed by atoms with van der Waals surface area (Å²) in [4.78, 5) is 13.9. The van der Waals surface area contributed by atoms with E-state index in [1.54, 1.807) is 6.33 Å². The predicted octanol–water partition coefficient (Wildman–Crippen LogP) is 6.21. The molecule has 1 aliphatic heterocycles. The van der Waals surface area contributed by atoms with Crippen molar-refractivity contribution < 1.29 is 23.7 Å². The molecule has 1 fully saturated rings. The van der Waals surface area contributed by atoms with Gasteiger partial charge in [0.1, 0.15) is 27.1 Å². The number of rotatable bonds is 10. The first-order chi connectivity index (χ1) is 20.3. The van der Waals surface area contributed by atoms with Gasteiger partial charge in [0.2, 0.25) is 0 Å². The fourth-order valence-corrected chi connectivity index (χ4v) is 7.23. The summed E-state index contributed by atoms with van der Waals surface area (Å²) < 4.78 is 35.1. The van der Waals surface area contributed by atoms with Crippen LogP contribution in [0, 0.1) is 0 Å². The molecule has 3 aromatic rings. The summed E-state index contributed by atoms with van der Waals surface area (Å²) in [6.45, 7) is 23.4. The van der Waals surface area contributed by atoms with E-state index < -0.39 is 43.7 Å². The first-order valence-electron chi connectivity index (χ1n) is 15.2. The van der Waals surface area contributed by atoms with Gasteiger partial charge in [-0.3, -0.25) is 4.57 Å². The Morgan fingerprint density at radius 3 is 2.16 bits per heavy atom. The molecular weight excluding hydrogens is 598 g/mol. The Hall–Kier alpha value is -2.28. The SMILES string of the molecule is C[Si](C)[C@@]1(n2cnc3c(N)nc(OCCc4ccc(Cl)cc4)nc32)O[C@H](COC(C)(C)C)[C@@H](OC(C)(C)C)[C@H]1OC(C)(C)C. The van der Waals surface area contributed by atoms with Crippen molar-refractivity contribution in [3.63, 3.8) is 0 Å². The van der Waals surface area contributed by atoms with Gasteiger partial charge in [0.05, 0.1) is 36.3 Å². The largest absolute Gasteiger partial charge is 0.463 e. The van der Waals surface area contributed by atoms with Crippen LogP contribution in [0.3, 0.4) is 0 Å². The highest BCUT2D eigenvalue weighted by Crippen LogP contribution is 2.45. The summed E-state index contributed by atoms with van der Waals surface area (Å²) in [5, 5.41) is -0.285. The van der Waals surface area contributed by atoms with Crippen molar-refractivity contribution in [2.24, 2.45) is 0 Å². The summed E-state index contributed by atoms with van der Waals surface area (Å²) in [6.07, 6.45) is 1.01. The van der Waals surface area contributed by atoms with Crippen molar-refractivity contribution in [3.8, 4) is 6.01 Å². The van der Waals surface area contributed by atoms with Gasteiger partial charge >= 0.3 is 6.01 Å². The van der Waals surface area contributed by atoms with Gasteiger partial charge in [0.15, 0.2) is 22.3 Å². The number of halogens is 1. The lowest BCUT2D eigenvalue weighted by molar-refractivity contribution is -0.174. The Balaban J connectivity index is 1.79. The minimum Gasteiger partial charge on any atom is -0.463 e. The third-order valence-corrected chi connectivity index (χ3v) is 9.37. The van der Waals surface area contributed by atoms with Gasteiger partial charge in [-0.25, -0.2) is 4.98 Å². The molecule has 1 aromatic carbocycles. The van der Waals surface area contributed by atoms with Crippen LogP contribution in [0.25, 0.3) is 11.2 Å². The topological polar surface area (TPSA) is 116 Å².